The number of carboxylic acids is 1. The molecule has 5 nitrogen and oxygen atoms in total. The molecule has 0 spiro atoms. The van der Waals surface area contributed by atoms with Crippen molar-refractivity contribution in [1.29, 1.82) is 0 Å². The lowest BCUT2D eigenvalue weighted by atomic mass is 10.2. The highest BCUT2D eigenvalue weighted by Gasteiger charge is 2.17. The van der Waals surface area contributed by atoms with E-state index in [0.29, 0.717) is 11.3 Å². The van der Waals surface area contributed by atoms with Gasteiger partial charge in [0.15, 0.2) is 0 Å². The molecule has 1 unspecified atom stereocenters. The number of hydrogen-bond acceptors (Lipinski definition) is 3. The number of carbonyl (C=O) groups is 2. The minimum atomic E-state index is -1.08. The van der Waals surface area contributed by atoms with Crippen molar-refractivity contribution in [1.82, 2.24) is 5.32 Å². The summed E-state index contributed by atoms with van der Waals surface area (Å²) in [5.74, 6) is -1.13. The van der Waals surface area contributed by atoms with Crippen molar-refractivity contribution in [3.63, 3.8) is 0 Å². The van der Waals surface area contributed by atoms with Crippen LogP contribution in [0.1, 0.15) is 17.3 Å². The molecule has 2 N–H and O–H groups in total. The van der Waals surface area contributed by atoms with Crippen molar-refractivity contribution >= 4 is 11.9 Å². The molecule has 1 amide bonds. The molecule has 0 radical (unpaired) electrons. The fraction of sp³-hybridized carbons (Fsp3) is 0.273. The SMILES string of the molecule is COc1ccccc1C(=O)NC(C)C(=O)O. The summed E-state index contributed by atoms with van der Waals surface area (Å²) in [4.78, 5) is 22.3. The van der Waals surface area contributed by atoms with E-state index in [0.717, 1.165) is 0 Å². The van der Waals surface area contributed by atoms with E-state index < -0.39 is 17.9 Å². The van der Waals surface area contributed by atoms with E-state index in [1.165, 1.54) is 14.0 Å². The van der Waals surface area contributed by atoms with Gasteiger partial charge in [0.25, 0.3) is 5.91 Å². The molecule has 0 aliphatic heterocycles. The Balaban J connectivity index is 2.84. The van der Waals surface area contributed by atoms with E-state index in [4.69, 9.17) is 9.84 Å². The Morgan fingerprint density at radius 3 is 2.56 bits per heavy atom. The first kappa shape index (κ1) is 12.0. The van der Waals surface area contributed by atoms with Crippen LogP contribution in [-0.4, -0.2) is 30.1 Å². The number of nitrogens with one attached hydrogen (secondary N) is 1. The van der Waals surface area contributed by atoms with Crippen LogP contribution in [0.15, 0.2) is 24.3 Å². The number of carboxylic acid groups (broad SMARTS) is 1. The molecule has 0 aromatic heterocycles. The Morgan fingerprint density at radius 2 is 2.00 bits per heavy atom. The van der Waals surface area contributed by atoms with Gasteiger partial charge in [-0.25, -0.2) is 0 Å². The van der Waals surface area contributed by atoms with Gasteiger partial charge >= 0.3 is 5.97 Å². The molecule has 1 aromatic carbocycles. The van der Waals surface area contributed by atoms with Gasteiger partial charge in [-0.05, 0) is 19.1 Å². The topological polar surface area (TPSA) is 75.6 Å². The molecule has 0 fully saturated rings. The lowest BCUT2D eigenvalue weighted by Gasteiger charge is -2.11. The van der Waals surface area contributed by atoms with Crippen molar-refractivity contribution < 1.29 is 19.4 Å². The fourth-order valence-corrected chi connectivity index (χ4v) is 1.17. The van der Waals surface area contributed by atoms with Crippen LogP contribution in [0.4, 0.5) is 0 Å². The molecule has 0 heterocycles. The predicted octanol–water partition coefficient (Wildman–Crippen LogP) is 0.898. The first-order chi connectivity index (χ1) is 7.56. The van der Waals surface area contributed by atoms with E-state index in [-0.39, 0.29) is 0 Å². The Labute approximate surface area is 93.0 Å². The highest BCUT2D eigenvalue weighted by atomic mass is 16.5. The van der Waals surface area contributed by atoms with E-state index >= 15 is 0 Å². The number of rotatable bonds is 4. The maximum Gasteiger partial charge on any atom is 0.325 e. The lowest BCUT2D eigenvalue weighted by Crippen LogP contribution is -2.38. The minimum Gasteiger partial charge on any atom is -0.496 e. The Morgan fingerprint density at radius 1 is 1.38 bits per heavy atom. The molecule has 0 aliphatic carbocycles. The van der Waals surface area contributed by atoms with Gasteiger partial charge in [-0.15, -0.1) is 0 Å². The average molecular weight is 223 g/mol. The molecule has 1 aromatic rings. The van der Waals surface area contributed by atoms with Crippen LogP contribution in [0.25, 0.3) is 0 Å². The summed E-state index contributed by atoms with van der Waals surface area (Å²) < 4.78 is 5.00. The van der Waals surface area contributed by atoms with Gasteiger partial charge in [-0.1, -0.05) is 12.1 Å². The van der Waals surface area contributed by atoms with E-state index in [1.54, 1.807) is 24.3 Å². The summed E-state index contributed by atoms with van der Waals surface area (Å²) in [6, 6.07) is 5.69. The number of aliphatic carboxylic acids is 1. The molecular formula is C11H13NO4. The second kappa shape index (κ2) is 5.16. The normalized spacial score (nSPS) is 11.6. The maximum atomic E-state index is 11.7. The number of methoxy groups -OCH3 is 1. The zero-order valence-electron chi connectivity index (χ0n) is 9.06. The van der Waals surface area contributed by atoms with E-state index in [9.17, 15) is 9.59 Å². The second-order valence-corrected chi connectivity index (χ2v) is 3.23. The van der Waals surface area contributed by atoms with Gasteiger partial charge in [0.2, 0.25) is 0 Å². The summed E-state index contributed by atoms with van der Waals surface area (Å²) in [7, 11) is 1.45. The van der Waals surface area contributed by atoms with Gasteiger partial charge in [-0.2, -0.15) is 0 Å². The first-order valence-corrected chi connectivity index (χ1v) is 4.73. The highest BCUT2D eigenvalue weighted by molar-refractivity contribution is 5.98. The minimum absolute atomic E-state index is 0.318. The number of hydrogen-bond donors (Lipinski definition) is 2. The molecule has 16 heavy (non-hydrogen) atoms. The Hall–Kier alpha value is -2.04. The van der Waals surface area contributed by atoms with Gasteiger partial charge in [0.05, 0.1) is 12.7 Å². The van der Waals surface area contributed by atoms with Crippen molar-refractivity contribution in [2.24, 2.45) is 0 Å². The first-order valence-electron chi connectivity index (χ1n) is 4.73. The van der Waals surface area contributed by atoms with Crippen LogP contribution >= 0.6 is 0 Å². The smallest absolute Gasteiger partial charge is 0.325 e. The number of para-hydroxylation sites is 1. The molecule has 0 bridgehead atoms. The number of carbonyl (C=O) groups excluding carboxylic acids is 1. The van der Waals surface area contributed by atoms with Crippen LogP contribution in [-0.2, 0) is 4.79 Å². The average Bonchev–Trinajstić information content (AvgIpc) is 2.28. The van der Waals surface area contributed by atoms with Crippen LogP contribution in [0.5, 0.6) is 5.75 Å². The summed E-state index contributed by atoms with van der Waals surface area (Å²) in [5.41, 5.74) is 0.318. The van der Waals surface area contributed by atoms with Crippen LogP contribution in [0.2, 0.25) is 0 Å². The number of benzene rings is 1. The van der Waals surface area contributed by atoms with Crippen molar-refractivity contribution in [2.75, 3.05) is 7.11 Å². The lowest BCUT2D eigenvalue weighted by molar-refractivity contribution is -0.138. The molecule has 5 heteroatoms. The largest absolute Gasteiger partial charge is 0.496 e. The van der Waals surface area contributed by atoms with Crippen LogP contribution in [0.3, 0.4) is 0 Å². The van der Waals surface area contributed by atoms with Crippen LogP contribution < -0.4 is 10.1 Å². The predicted molar refractivity (Wildman–Crippen MR) is 57.6 cm³/mol. The second-order valence-electron chi connectivity index (χ2n) is 3.23. The van der Waals surface area contributed by atoms with Gasteiger partial charge in [-0.3, -0.25) is 9.59 Å². The zero-order chi connectivity index (χ0) is 12.1. The van der Waals surface area contributed by atoms with E-state index in [1.807, 2.05) is 0 Å². The van der Waals surface area contributed by atoms with Crippen molar-refractivity contribution in [3.8, 4) is 5.75 Å². The van der Waals surface area contributed by atoms with Crippen molar-refractivity contribution in [3.05, 3.63) is 29.8 Å². The molecule has 1 rings (SSSR count). The fourth-order valence-electron chi connectivity index (χ4n) is 1.17. The standard InChI is InChI=1S/C11H13NO4/c1-7(11(14)15)12-10(13)8-5-3-4-6-9(8)16-2/h3-7H,1-2H3,(H,12,13)(H,14,15). The summed E-state index contributed by atoms with van der Waals surface area (Å²) in [6.07, 6.45) is 0. The molecule has 0 saturated carbocycles. The van der Waals surface area contributed by atoms with Gasteiger partial charge in [0, 0.05) is 0 Å². The van der Waals surface area contributed by atoms with Crippen LogP contribution in [0, 0.1) is 0 Å². The van der Waals surface area contributed by atoms with Gasteiger partial charge < -0.3 is 15.2 Å². The zero-order valence-corrected chi connectivity index (χ0v) is 9.06. The summed E-state index contributed by atoms with van der Waals surface area (Å²) in [6.45, 7) is 1.40. The third-order valence-electron chi connectivity index (χ3n) is 2.07. The molecule has 0 aliphatic rings. The Kier molecular flexibility index (Phi) is 3.88. The maximum absolute atomic E-state index is 11.7. The van der Waals surface area contributed by atoms with Crippen molar-refractivity contribution in [2.45, 2.75) is 13.0 Å². The molecular weight excluding hydrogens is 210 g/mol. The monoisotopic (exact) mass is 223 g/mol. The van der Waals surface area contributed by atoms with Gasteiger partial charge in [0.1, 0.15) is 11.8 Å². The quantitative estimate of drug-likeness (QED) is 0.795. The molecule has 1 atom stereocenters. The Bertz CT molecular complexity index is 403. The summed E-state index contributed by atoms with van der Waals surface area (Å²) >= 11 is 0. The van der Waals surface area contributed by atoms with E-state index in [2.05, 4.69) is 5.32 Å². The molecule has 0 saturated heterocycles. The summed E-state index contributed by atoms with van der Waals surface area (Å²) in [5, 5.41) is 11.0. The third kappa shape index (κ3) is 2.73. The molecule has 86 valence electrons. The number of amides is 1. The highest BCUT2D eigenvalue weighted by Crippen LogP contribution is 2.16. The number of ether oxygens (including phenoxy) is 1. The third-order valence-corrected chi connectivity index (χ3v) is 2.07.